The maximum atomic E-state index is 6.05. The zero-order chi connectivity index (χ0) is 15.4. The molecule has 0 bridgehead atoms. The second-order valence-electron chi connectivity index (χ2n) is 4.96. The van der Waals surface area contributed by atoms with E-state index in [1.165, 1.54) is 0 Å². The predicted octanol–water partition coefficient (Wildman–Crippen LogP) is 3.58. The summed E-state index contributed by atoms with van der Waals surface area (Å²) in [4.78, 5) is 8.63. The van der Waals surface area contributed by atoms with Crippen LogP contribution in [0.15, 0.2) is 48.8 Å². The Labute approximate surface area is 134 Å². The van der Waals surface area contributed by atoms with Gasteiger partial charge in [0.2, 0.25) is 5.88 Å². The second-order valence-corrected chi connectivity index (χ2v) is 5.40. The van der Waals surface area contributed by atoms with Gasteiger partial charge in [0.05, 0.1) is 12.6 Å². The highest BCUT2D eigenvalue weighted by Gasteiger charge is 2.07. The monoisotopic (exact) mass is 313 g/mol. The summed E-state index contributed by atoms with van der Waals surface area (Å²) in [6.45, 7) is 1.40. The number of hydrogen-bond donors (Lipinski definition) is 1. The molecule has 22 heavy (non-hydrogen) atoms. The van der Waals surface area contributed by atoms with Gasteiger partial charge in [-0.1, -0.05) is 17.7 Å². The number of rotatable bonds is 5. The van der Waals surface area contributed by atoms with Crippen LogP contribution >= 0.6 is 11.6 Å². The molecule has 2 aromatic heterocycles. The number of hydrogen-bond acceptors (Lipinski definition) is 4. The van der Waals surface area contributed by atoms with E-state index in [4.69, 9.17) is 16.3 Å². The number of halogens is 1. The predicted molar refractivity (Wildman–Crippen MR) is 88.1 cm³/mol. The Bertz CT molecular complexity index is 777. The van der Waals surface area contributed by atoms with Gasteiger partial charge in [-0.3, -0.25) is 4.98 Å². The average Bonchev–Trinajstić information content (AvgIpc) is 2.55. The van der Waals surface area contributed by atoms with E-state index in [1.807, 2.05) is 36.5 Å². The minimum atomic E-state index is 0.633. The Kier molecular flexibility index (Phi) is 4.51. The van der Waals surface area contributed by atoms with Crippen molar-refractivity contribution in [1.82, 2.24) is 15.3 Å². The third-order valence-corrected chi connectivity index (χ3v) is 3.61. The van der Waals surface area contributed by atoms with Crippen molar-refractivity contribution < 1.29 is 4.74 Å². The smallest absolute Gasteiger partial charge is 0.218 e. The Hall–Kier alpha value is -2.17. The number of pyridine rings is 2. The number of fused-ring (bicyclic) bond motifs is 1. The molecule has 4 nitrogen and oxygen atoms in total. The Morgan fingerprint density at radius 2 is 2.09 bits per heavy atom. The molecule has 2 heterocycles. The van der Waals surface area contributed by atoms with E-state index in [-0.39, 0.29) is 0 Å². The molecule has 112 valence electrons. The summed E-state index contributed by atoms with van der Waals surface area (Å²) >= 11 is 6.05. The Morgan fingerprint density at radius 3 is 2.86 bits per heavy atom. The number of nitrogens with zero attached hydrogens (tertiary/aromatic N) is 2. The van der Waals surface area contributed by atoms with Crippen LogP contribution in [0.25, 0.3) is 10.9 Å². The Balaban J connectivity index is 1.79. The highest BCUT2D eigenvalue weighted by atomic mass is 35.5. The first-order valence-electron chi connectivity index (χ1n) is 6.99. The fraction of sp³-hybridized carbons (Fsp3) is 0.176. The quantitative estimate of drug-likeness (QED) is 0.782. The molecule has 0 aliphatic rings. The summed E-state index contributed by atoms with van der Waals surface area (Å²) in [6, 6.07) is 11.7. The van der Waals surface area contributed by atoms with Crippen LogP contribution in [0.2, 0.25) is 5.02 Å². The number of methoxy groups -OCH3 is 1. The maximum absolute atomic E-state index is 6.05. The third kappa shape index (κ3) is 3.35. The number of benzene rings is 1. The van der Waals surface area contributed by atoms with Crippen LogP contribution in [0.1, 0.15) is 11.1 Å². The van der Waals surface area contributed by atoms with Crippen molar-refractivity contribution in [1.29, 1.82) is 0 Å². The molecular weight excluding hydrogens is 298 g/mol. The summed E-state index contributed by atoms with van der Waals surface area (Å²) in [5.41, 5.74) is 3.01. The Morgan fingerprint density at radius 1 is 1.18 bits per heavy atom. The fourth-order valence-corrected chi connectivity index (χ4v) is 2.50. The van der Waals surface area contributed by atoms with Crippen LogP contribution in [-0.2, 0) is 13.1 Å². The van der Waals surface area contributed by atoms with E-state index >= 15 is 0 Å². The van der Waals surface area contributed by atoms with Crippen molar-refractivity contribution >= 4 is 22.5 Å². The van der Waals surface area contributed by atoms with Gasteiger partial charge in [-0.05, 0) is 35.9 Å². The van der Waals surface area contributed by atoms with Gasteiger partial charge in [-0.15, -0.1) is 0 Å². The summed E-state index contributed by atoms with van der Waals surface area (Å²) in [5, 5.41) is 5.09. The molecule has 1 N–H and O–H groups in total. The molecule has 0 saturated carbocycles. The van der Waals surface area contributed by atoms with E-state index < -0.39 is 0 Å². The zero-order valence-corrected chi connectivity index (χ0v) is 13.0. The SMILES string of the molecule is COc1nc2ccc(Cl)cc2cc1CNCc1cccnc1. The zero-order valence-electron chi connectivity index (χ0n) is 12.2. The molecule has 0 spiro atoms. The molecular formula is C17H16ClN3O. The van der Waals surface area contributed by atoms with Crippen LogP contribution in [0.4, 0.5) is 0 Å². The van der Waals surface area contributed by atoms with Crippen molar-refractivity contribution in [3.8, 4) is 5.88 Å². The molecule has 1 aromatic carbocycles. The molecule has 5 heteroatoms. The van der Waals surface area contributed by atoms with Gasteiger partial charge < -0.3 is 10.1 Å². The minimum absolute atomic E-state index is 0.633. The molecule has 0 aliphatic carbocycles. The summed E-state index contributed by atoms with van der Waals surface area (Å²) in [7, 11) is 1.63. The van der Waals surface area contributed by atoms with Gasteiger partial charge in [0, 0.05) is 41.5 Å². The van der Waals surface area contributed by atoms with Crippen LogP contribution in [0.3, 0.4) is 0 Å². The second kappa shape index (κ2) is 6.73. The highest BCUT2D eigenvalue weighted by molar-refractivity contribution is 6.31. The standard InChI is InChI=1S/C17H16ClN3O/c1-22-17-14(11-20-10-12-3-2-6-19-9-12)7-13-8-15(18)4-5-16(13)21-17/h2-9,20H,10-11H2,1H3. The van der Waals surface area contributed by atoms with Crippen LogP contribution in [-0.4, -0.2) is 17.1 Å². The van der Waals surface area contributed by atoms with Crippen molar-refractivity contribution in [2.24, 2.45) is 0 Å². The normalized spacial score (nSPS) is 10.8. The summed E-state index contributed by atoms with van der Waals surface area (Å²) in [6.07, 6.45) is 3.62. The summed E-state index contributed by atoms with van der Waals surface area (Å²) < 4.78 is 5.39. The lowest BCUT2D eigenvalue weighted by molar-refractivity contribution is 0.392. The van der Waals surface area contributed by atoms with E-state index in [0.29, 0.717) is 17.4 Å². The van der Waals surface area contributed by atoms with Gasteiger partial charge in [0.25, 0.3) is 0 Å². The van der Waals surface area contributed by atoms with Crippen LogP contribution in [0, 0.1) is 0 Å². The summed E-state index contributed by atoms with van der Waals surface area (Å²) in [5.74, 6) is 0.633. The van der Waals surface area contributed by atoms with Crippen molar-refractivity contribution in [2.45, 2.75) is 13.1 Å². The lowest BCUT2D eigenvalue weighted by Crippen LogP contribution is -2.14. The first-order chi connectivity index (χ1) is 10.8. The molecule has 0 amide bonds. The number of nitrogens with one attached hydrogen (secondary N) is 1. The van der Waals surface area contributed by atoms with Crippen LogP contribution in [0.5, 0.6) is 5.88 Å². The van der Waals surface area contributed by atoms with Gasteiger partial charge in [0.1, 0.15) is 0 Å². The first-order valence-corrected chi connectivity index (χ1v) is 7.37. The number of aromatic nitrogens is 2. The molecule has 0 radical (unpaired) electrons. The van der Waals surface area contributed by atoms with E-state index in [1.54, 1.807) is 13.3 Å². The lowest BCUT2D eigenvalue weighted by atomic mass is 10.1. The lowest BCUT2D eigenvalue weighted by Gasteiger charge is -2.10. The van der Waals surface area contributed by atoms with Gasteiger partial charge >= 0.3 is 0 Å². The molecule has 0 saturated heterocycles. The van der Waals surface area contributed by atoms with Crippen molar-refractivity contribution in [3.63, 3.8) is 0 Å². The molecule has 3 rings (SSSR count). The van der Waals surface area contributed by atoms with Gasteiger partial charge in [-0.2, -0.15) is 0 Å². The minimum Gasteiger partial charge on any atom is -0.481 e. The average molecular weight is 314 g/mol. The number of ether oxygens (including phenoxy) is 1. The molecule has 0 unspecified atom stereocenters. The third-order valence-electron chi connectivity index (χ3n) is 3.38. The molecule has 0 fully saturated rings. The van der Waals surface area contributed by atoms with Gasteiger partial charge in [0.15, 0.2) is 0 Å². The van der Waals surface area contributed by atoms with Crippen molar-refractivity contribution in [2.75, 3.05) is 7.11 Å². The maximum Gasteiger partial charge on any atom is 0.218 e. The van der Waals surface area contributed by atoms with E-state index in [0.717, 1.165) is 28.6 Å². The van der Waals surface area contributed by atoms with E-state index in [2.05, 4.69) is 21.4 Å². The van der Waals surface area contributed by atoms with Crippen molar-refractivity contribution in [3.05, 3.63) is 64.9 Å². The van der Waals surface area contributed by atoms with E-state index in [9.17, 15) is 0 Å². The van der Waals surface area contributed by atoms with Crippen LogP contribution < -0.4 is 10.1 Å². The molecule has 3 aromatic rings. The molecule has 0 aliphatic heterocycles. The van der Waals surface area contributed by atoms with Gasteiger partial charge in [-0.25, -0.2) is 4.98 Å². The largest absolute Gasteiger partial charge is 0.481 e. The first kappa shape index (κ1) is 14.8. The highest BCUT2D eigenvalue weighted by Crippen LogP contribution is 2.24. The topological polar surface area (TPSA) is 47.0 Å². The molecule has 0 atom stereocenters. The fourth-order valence-electron chi connectivity index (χ4n) is 2.32.